The normalized spacial score (nSPS) is 13.4. The highest BCUT2D eigenvalue weighted by Gasteiger charge is 2.32. The first kappa shape index (κ1) is 15.1. The Hall–Kier alpha value is -3.41. The quantitative estimate of drug-likeness (QED) is 0.541. The fraction of sp³-hybridized carbons (Fsp3) is 0.105. The van der Waals surface area contributed by atoms with Crippen molar-refractivity contribution in [2.24, 2.45) is 0 Å². The van der Waals surface area contributed by atoms with E-state index in [2.05, 4.69) is 0 Å². The Kier molecular flexibility index (Phi) is 3.57. The molecule has 3 aromatic carbocycles. The molecule has 0 saturated heterocycles. The van der Waals surface area contributed by atoms with Crippen molar-refractivity contribution in [3.8, 4) is 5.75 Å². The summed E-state index contributed by atoms with van der Waals surface area (Å²) in [6.45, 7) is 0.132. The lowest BCUT2D eigenvalue weighted by Crippen LogP contribution is -2.38. The van der Waals surface area contributed by atoms with Crippen molar-refractivity contribution in [2.75, 3.05) is 11.5 Å². The zero-order chi connectivity index (χ0) is 17.4. The second-order valence-electron chi connectivity index (χ2n) is 5.83. The van der Waals surface area contributed by atoms with E-state index in [1.165, 1.54) is 11.0 Å². The van der Waals surface area contributed by atoms with Gasteiger partial charge in [0.1, 0.15) is 0 Å². The summed E-state index contributed by atoms with van der Waals surface area (Å²) in [5, 5.41) is 13.5. The van der Waals surface area contributed by atoms with Crippen LogP contribution in [0.15, 0.2) is 60.7 Å². The Labute approximate surface area is 143 Å². The summed E-state index contributed by atoms with van der Waals surface area (Å²) in [7, 11) is 0. The third kappa shape index (κ3) is 2.67. The van der Waals surface area contributed by atoms with Crippen LogP contribution in [0.2, 0.25) is 0 Å². The van der Waals surface area contributed by atoms with Crippen LogP contribution in [0.25, 0.3) is 10.8 Å². The Balaban J connectivity index is 1.77. The molecule has 1 amide bonds. The largest absolute Gasteiger partial charge is 0.481 e. The number of carbonyl (C=O) groups is 1. The first-order chi connectivity index (χ1) is 12.1. The number of amides is 1. The average molecular weight is 334 g/mol. The first-order valence-electron chi connectivity index (χ1n) is 7.82. The van der Waals surface area contributed by atoms with Crippen molar-refractivity contribution < 1.29 is 14.5 Å². The molecule has 25 heavy (non-hydrogen) atoms. The minimum Gasteiger partial charge on any atom is -0.481 e. The average Bonchev–Trinajstić information content (AvgIpc) is 2.63. The summed E-state index contributed by atoms with van der Waals surface area (Å²) < 4.78 is 5.37. The lowest BCUT2D eigenvalue weighted by Gasteiger charge is -2.29. The minimum absolute atomic E-state index is 0.123. The third-order valence-electron chi connectivity index (χ3n) is 4.25. The van der Waals surface area contributed by atoms with Crippen LogP contribution in [0.4, 0.5) is 11.4 Å². The predicted molar refractivity (Wildman–Crippen MR) is 93.7 cm³/mol. The molecule has 0 spiro atoms. The molecule has 6 nitrogen and oxygen atoms in total. The summed E-state index contributed by atoms with van der Waals surface area (Å²) in [5.41, 5.74) is 0.987. The van der Waals surface area contributed by atoms with Crippen LogP contribution in [0.5, 0.6) is 5.75 Å². The number of rotatable bonds is 3. The van der Waals surface area contributed by atoms with E-state index in [9.17, 15) is 14.9 Å². The molecule has 1 heterocycles. The maximum Gasteiger partial charge on any atom is 0.296 e. The van der Waals surface area contributed by atoms with Gasteiger partial charge in [-0.05, 0) is 28.5 Å². The second-order valence-corrected chi connectivity index (χ2v) is 5.83. The fourth-order valence-electron chi connectivity index (χ4n) is 3.07. The summed E-state index contributed by atoms with van der Waals surface area (Å²) >= 11 is 0. The molecular weight excluding hydrogens is 320 g/mol. The SMILES string of the molecule is O=C1COc2cccc([N+](=O)[O-])c2N1Cc1ccc2ccccc2c1. The van der Waals surface area contributed by atoms with Gasteiger partial charge in [-0.3, -0.25) is 19.8 Å². The smallest absolute Gasteiger partial charge is 0.296 e. The van der Waals surface area contributed by atoms with Crippen molar-refractivity contribution in [1.29, 1.82) is 0 Å². The molecule has 0 aliphatic carbocycles. The van der Waals surface area contributed by atoms with Gasteiger partial charge in [0.25, 0.3) is 11.6 Å². The van der Waals surface area contributed by atoms with E-state index in [4.69, 9.17) is 4.74 Å². The molecule has 6 heteroatoms. The highest BCUT2D eigenvalue weighted by molar-refractivity contribution is 6.00. The molecule has 0 bridgehead atoms. The maximum atomic E-state index is 12.4. The molecule has 0 atom stereocenters. The number of fused-ring (bicyclic) bond motifs is 2. The summed E-state index contributed by atoms with van der Waals surface area (Å²) in [6, 6.07) is 18.4. The van der Waals surface area contributed by atoms with E-state index >= 15 is 0 Å². The zero-order valence-electron chi connectivity index (χ0n) is 13.2. The number of hydrogen-bond donors (Lipinski definition) is 0. The molecule has 0 N–H and O–H groups in total. The molecule has 1 aliphatic heterocycles. The predicted octanol–water partition coefficient (Wildman–Crippen LogP) is 3.67. The van der Waals surface area contributed by atoms with Gasteiger partial charge in [-0.1, -0.05) is 42.5 Å². The molecule has 0 aromatic heterocycles. The lowest BCUT2D eigenvalue weighted by molar-refractivity contribution is -0.384. The summed E-state index contributed by atoms with van der Waals surface area (Å²) in [5.74, 6) is 0.0598. The minimum atomic E-state index is -0.492. The maximum absolute atomic E-state index is 12.4. The number of nitro benzene ring substituents is 1. The molecule has 0 fully saturated rings. The number of para-hydroxylation sites is 1. The molecule has 0 radical (unpaired) electrons. The van der Waals surface area contributed by atoms with Crippen LogP contribution in [0.1, 0.15) is 5.56 Å². The highest BCUT2D eigenvalue weighted by atomic mass is 16.6. The summed E-state index contributed by atoms with van der Waals surface area (Å²) in [4.78, 5) is 24.7. The molecular formula is C19H14N2O4. The molecule has 0 saturated carbocycles. The molecule has 4 rings (SSSR count). The molecule has 1 aliphatic rings. The van der Waals surface area contributed by atoms with Gasteiger partial charge >= 0.3 is 0 Å². The zero-order valence-corrected chi connectivity index (χ0v) is 13.2. The Morgan fingerprint density at radius 1 is 1.04 bits per heavy atom. The summed E-state index contributed by atoms with van der Waals surface area (Å²) in [6.07, 6.45) is 0. The Morgan fingerprint density at radius 2 is 1.84 bits per heavy atom. The van der Waals surface area contributed by atoms with E-state index in [0.717, 1.165) is 16.3 Å². The van der Waals surface area contributed by atoms with Crippen LogP contribution in [0, 0.1) is 10.1 Å². The number of benzene rings is 3. The van der Waals surface area contributed by atoms with Crippen LogP contribution in [0.3, 0.4) is 0 Å². The van der Waals surface area contributed by atoms with E-state index in [1.54, 1.807) is 12.1 Å². The lowest BCUT2D eigenvalue weighted by atomic mass is 10.1. The van der Waals surface area contributed by atoms with Gasteiger partial charge in [0, 0.05) is 6.07 Å². The van der Waals surface area contributed by atoms with Crippen molar-refractivity contribution >= 4 is 28.1 Å². The fourth-order valence-corrected chi connectivity index (χ4v) is 3.07. The number of ether oxygens (including phenoxy) is 1. The number of anilines is 1. The first-order valence-corrected chi connectivity index (χ1v) is 7.82. The third-order valence-corrected chi connectivity index (χ3v) is 4.25. The second kappa shape index (κ2) is 5.90. The monoisotopic (exact) mass is 334 g/mol. The van der Waals surface area contributed by atoms with E-state index in [-0.39, 0.29) is 30.4 Å². The molecule has 3 aromatic rings. The molecule has 0 unspecified atom stereocenters. The highest BCUT2D eigenvalue weighted by Crippen LogP contribution is 2.40. The van der Waals surface area contributed by atoms with Gasteiger partial charge in [0.2, 0.25) is 0 Å². The molecule has 124 valence electrons. The van der Waals surface area contributed by atoms with Gasteiger partial charge in [0.05, 0.1) is 11.5 Å². The van der Waals surface area contributed by atoms with Gasteiger partial charge in [-0.15, -0.1) is 0 Å². The van der Waals surface area contributed by atoms with Crippen LogP contribution in [-0.2, 0) is 11.3 Å². The van der Waals surface area contributed by atoms with E-state index < -0.39 is 4.92 Å². The van der Waals surface area contributed by atoms with Gasteiger partial charge < -0.3 is 4.74 Å². The van der Waals surface area contributed by atoms with Crippen LogP contribution in [-0.4, -0.2) is 17.4 Å². The van der Waals surface area contributed by atoms with Gasteiger partial charge in [-0.25, -0.2) is 0 Å². The number of nitro groups is 1. The van der Waals surface area contributed by atoms with Gasteiger partial charge in [0.15, 0.2) is 18.0 Å². The Morgan fingerprint density at radius 3 is 2.64 bits per heavy atom. The van der Waals surface area contributed by atoms with Gasteiger partial charge in [-0.2, -0.15) is 0 Å². The number of hydrogen-bond acceptors (Lipinski definition) is 4. The Bertz CT molecular complexity index is 1000. The van der Waals surface area contributed by atoms with Crippen LogP contribution < -0.4 is 9.64 Å². The van der Waals surface area contributed by atoms with Crippen molar-refractivity contribution in [3.63, 3.8) is 0 Å². The number of carbonyl (C=O) groups excluding carboxylic acids is 1. The topological polar surface area (TPSA) is 72.7 Å². The standard InChI is InChI=1S/C19H14N2O4/c22-18-12-25-17-7-3-6-16(21(23)24)19(17)20(18)11-13-8-9-14-4-1-2-5-15(14)10-13/h1-10H,11-12H2. The van der Waals surface area contributed by atoms with E-state index in [0.29, 0.717) is 5.75 Å². The van der Waals surface area contributed by atoms with E-state index in [1.807, 2.05) is 42.5 Å². The van der Waals surface area contributed by atoms with Crippen molar-refractivity contribution in [2.45, 2.75) is 6.54 Å². The van der Waals surface area contributed by atoms with Crippen molar-refractivity contribution in [3.05, 3.63) is 76.3 Å². The van der Waals surface area contributed by atoms with Crippen molar-refractivity contribution in [1.82, 2.24) is 0 Å². The number of nitrogens with zero attached hydrogens (tertiary/aromatic N) is 2. The van der Waals surface area contributed by atoms with Crippen LogP contribution >= 0.6 is 0 Å².